The van der Waals surface area contributed by atoms with Crippen molar-refractivity contribution in [1.29, 1.82) is 0 Å². The van der Waals surface area contributed by atoms with Gasteiger partial charge in [-0.2, -0.15) is 0 Å². The highest BCUT2D eigenvalue weighted by Gasteiger charge is 2.24. The number of hydrogen-bond donors (Lipinski definition) is 1. The van der Waals surface area contributed by atoms with E-state index in [1.807, 2.05) is 0 Å². The van der Waals surface area contributed by atoms with E-state index in [2.05, 4.69) is 0 Å². The average molecular weight is 288 g/mol. The van der Waals surface area contributed by atoms with E-state index in [1.165, 1.54) is 17.0 Å². The molecule has 0 fully saturated rings. The molecule has 4 nitrogen and oxygen atoms in total. The molecule has 0 saturated heterocycles. The summed E-state index contributed by atoms with van der Waals surface area (Å²) in [6, 6.07) is 3.73. The molecular weight excluding hydrogens is 273 g/mol. The van der Waals surface area contributed by atoms with Crippen molar-refractivity contribution in [2.24, 2.45) is 0 Å². The van der Waals surface area contributed by atoms with Gasteiger partial charge in [0.05, 0.1) is 17.0 Å². The lowest BCUT2D eigenvalue weighted by Gasteiger charge is -2.26. The van der Waals surface area contributed by atoms with E-state index in [0.29, 0.717) is 0 Å². The molecule has 0 atom stereocenters. The minimum absolute atomic E-state index is 0.0104. The molecule has 0 aromatic heterocycles. The summed E-state index contributed by atoms with van der Waals surface area (Å²) in [5.74, 6) is -2.32. The van der Waals surface area contributed by atoms with Crippen LogP contribution >= 0.6 is 11.6 Å². The van der Waals surface area contributed by atoms with Crippen LogP contribution in [-0.2, 0) is 4.79 Å². The number of hydrogen-bond acceptors (Lipinski definition) is 2. The maximum absolute atomic E-state index is 13.7. The van der Waals surface area contributed by atoms with Gasteiger partial charge in [-0.25, -0.2) is 4.39 Å². The molecule has 6 heteroatoms. The molecule has 0 spiro atoms. The highest BCUT2D eigenvalue weighted by Crippen LogP contribution is 2.21. The average Bonchev–Trinajstić information content (AvgIpc) is 2.27. The predicted molar refractivity (Wildman–Crippen MR) is 69.8 cm³/mol. The second kappa shape index (κ2) is 6.52. The summed E-state index contributed by atoms with van der Waals surface area (Å²) >= 11 is 5.83. The maximum Gasteiger partial charge on any atom is 0.305 e. The van der Waals surface area contributed by atoms with Gasteiger partial charge < -0.3 is 10.0 Å². The lowest BCUT2D eigenvalue weighted by Crippen LogP contribution is -2.39. The first-order valence-corrected chi connectivity index (χ1v) is 6.19. The van der Waals surface area contributed by atoms with Crippen LogP contribution in [0.2, 0.25) is 5.02 Å². The van der Waals surface area contributed by atoms with Crippen molar-refractivity contribution in [3.05, 3.63) is 34.6 Å². The monoisotopic (exact) mass is 287 g/mol. The Morgan fingerprint density at radius 1 is 1.42 bits per heavy atom. The molecule has 1 N–H and O–H groups in total. The van der Waals surface area contributed by atoms with Crippen LogP contribution < -0.4 is 0 Å². The third kappa shape index (κ3) is 3.92. The van der Waals surface area contributed by atoms with Crippen LogP contribution in [0.3, 0.4) is 0 Å². The van der Waals surface area contributed by atoms with Gasteiger partial charge >= 0.3 is 5.97 Å². The van der Waals surface area contributed by atoms with Crippen LogP contribution in [0.1, 0.15) is 30.6 Å². The van der Waals surface area contributed by atoms with Gasteiger partial charge in [0, 0.05) is 12.6 Å². The van der Waals surface area contributed by atoms with E-state index < -0.39 is 17.7 Å². The Balaban J connectivity index is 3.03. The summed E-state index contributed by atoms with van der Waals surface area (Å²) in [7, 11) is 0. The Kier molecular flexibility index (Phi) is 5.30. The fourth-order valence-corrected chi connectivity index (χ4v) is 1.90. The number of amides is 1. The molecule has 0 bridgehead atoms. The normalized spacial score (nSPS) is 10.6. The minimum atomic E-state index is -1.02. The Morgan fingerprint density at radius 3 is 2.53 bits per heavy atom. The van der Waals surface area contributed by atoms with Crippen LogP contribution in [0.15, 0.2) is 18.2 Å². The number of carboxylic acids is 1. The zero-order chi connectivity index (χ0) is 14.6. The van der Waals surface area contributed by atoms with Crippen molar-refractivity contribution in [1.82, 2.24) is 4.90 Å². The molecule has 0 radical (unpaired) electrons. The van der Waals surface area contributed by atoms with Gasteiger partial charge in [-0.05, 0) is 26.0 Å². The van der Waals surface area contributed by atoms with Crippen molar-refractivity contribution >= 4 is 23.5 Å². The Hall–Kier alpha value is -1.62. The first-order valence-electron chi connectivity index (χ1n) is 5.81. The van der Waals surface area contributed by atoms with Crippen molar-refractivity contribution in [3.63, 3.8) is 0 Å². The van der Waals surface area contributed by atoms with Gasteiger partial charge in [0.1, 0.15) is 5.82 Å². The zero-order valence-electron chi connectivity index (χ0n) is 10.7. The fraction of sp³-hybridized carbons (Fsp3) is 0.385. The molecule has 1 aromatic rings. The Morgan fingerprint density at radius 2 is 2.05 bits per heavy atom. The minimum Gasteiger partial charge on any atom is -0.481 e. The summed E-state index contributed by atoms with van der Waals surface area (Å²) in [6.45, 7) is 3.47. The quantitative estimate of drug-likeness (QED) is 0.906. The second-order valence-corrected chi connectivity index (χ2v) is 4.74. The zero-order valence-corrected chi connectivity index (χ0v) is 11.4. The van der Waals surface area contributed by atoms with Crippen LogP contribution in [0, 0.1) is 5.82 Å². The molecule has 0 aliphatic heterocycles. The van der Waals surface area contributed by atoms with Crippen molar-refractivity contribution in [2.75, 3.05) is 6.54 Å². The first kappa shape index (κ1) is 15.4. The molecule has 1 rings (SSSR count). The lowest BCUT2D eigenvalue weighted by atomic mass is 10.1. The molecule has 1 aromatic carbocycles. The van der Waals surface area contributed by atoms with E-state index in [1.54, 1.807) is 13.8 Å². The number of benzene rings is 1. The van der Waals surface area contributed by atoms with E-state index >= 15 is 0 Å². The van der Waals surface area contributed by atoms with Crippen molar-refractivity contribution in [3.8, 4) is 0 Å². The van der Waals surface area contributed by atoms with Crippen LogP contribution in [0.25, 0.3) is 0 Å². The molecule has 0 heterocycles. The molecule has 104 valence electrons. The topological polar surface area (TPSA) is 57.6 Å². The van der Waals surface area contributed by atoms with Gasteiger partial charge in [-0.15, -0.1) is 0 Å². The van der Waals surface area contributed by atoms with Gasteiger partial charge in [0.15, 0.2) is 0 Å². The second-order valence-electron chi connectivity index (χ2n) is 4.33. The maximum atomic E-state index is 13.7. The number of nitrogens with zero attached hydrogens (tertiary/aromatic N) is 1. The van der Waals surface area contributed by atoms with Crippen LogP contribution in [0.5, 0.6) is 0 Å². The number of halogens is 2. The van der Waals surface area contributed by atoms with E-state index in [9.17, 15) is 14.0 Å². The van der Waals surface area contributed by atoms with Gasteiger partial charge in [-0.3, -0.25) is 9.59 Å². The summed E-state index contributed by atoms with van der Waals surface area (Å²) in [6.07, 6.45) is -0.198. The molecule has 0 saturated carbocycles. The van der Waals surface area contributed by atoms with Crippen LogP contribution in [0.4, 0.5) is 4.39 Å². The highest BCUT2D eigenvalue weighted by atomic mass is 35.5. The largest absolute Gasteiger partial charge is 0.481 e. The van der Waals surface area contributed by atoms with Crippen molar-refractivity contribution in [2.45, 2.75) is 26.3 Å². The molecule has 0 aliphatic rings. The van der Waals surface area contributed by atoms with E-state index in [0.717, 1.165) is 6.07 Å². The third-order valence-electron chi connectivity index (χ3n) is 2.63. The lowest BCUT2D eigenvalue weighted by molar-refractivity contribution is -0.137. The SMILES string of the molecule is CC(C)N(CCC(=O)O)C(=O)c1c(F)cccc1Cl. The molecular formula is C13H15ClFNO3. The molecule has 1 amide bonds. The van der Waals surface area contributed by atoms with Gasteiger partial charge in [0.2, 0.25) is 0 Å². The number of rotatable bonds is 5. The third-order valence-corrected chi connectivity index (χ3v) is 2.94. The molecule has 0 aliphatic carbocycles. The predicted octanol–water partition coefficient (Wildman–Crippen LogP) is 2.80. The van der Waals surface area contributed by atoms with Crippen molar-refractivity contribution < 1.29 is 19.1 Å². The summed E-state index contributed by atoms with van der Waals surface area (Å²) in [5, 5.41) is 8.69. The number of carbonyl (C=O) groups excluding carboxylic acids is 1. The number of carbonyl (C=O) groups is 2. The molecule has 0 unspecified atom stereocenters. The molecule has 19 heavy (non-hydrogen) atoms. The summed E-state index contributed by atoms with van der Waals surface area (Å²) in [4.78, 5) is 24.1. The fourth-order valence-electron chi connectivity index (χ4n) is 1.66. The smallest absolute Gasteiger partial charge is 0.305 e. The van der Waals surface area contributed by atoms with E-state index in [-0.39, 0.29) is 29.6 Å². The summed E-state index contributed by atoms with van der Waals surface area (Å²) in [5.41, 5.74) is -0.219. The highest BCUT2D eigenvalue weighted by molar-refractivity contribution is 6.33. The first-order chi connectivity index (χ1) is 8.84. The summed E-state index contributed by atoms with van der Waals surface area (Å²) < 4.78 is 13.7. The van der Waals surface area contributed by atoms with Gasteiger partial charge in [-0.1, -0.05) is 17.7 Å². The van der Waals surface area contributed by atoms with Gasteiger partial charge in [0.25, 0.3) is 5.91 Å². The Labute approximate surface area is 115 Å². The Bertz CT molecular complexity index is 471. The number of carboxylic acid groups (broad SMARTS) is 1. The van der Waals surface area contributed by atoms with Crippen LogP contribution in [-0.4, -0.2) is 34.5 Å². The number of aliphatic carboxylic acids is 1. The van der Waals surface area contributed by atoms with E-state index in [4.69, 9.17) is 16.7 Å². The standard InChI is InChI=1S/C13H15ClFNO3/c1-8(2)16(7-6-11(17)18)13(19)12-9(14)4-3-5-10(12)15/h3-5,8H,6-7H2,1-2H3,(H,17,18).